The van der Waals surface area contributed by atoms with Crippen LogP contribution in [0.1, 0.15) is 36.0 Å². The van der Waals surface area contributed by atoms with Gasteiger partial charge in [0.25, 0.3) is 5.91 Å². The van der Waals surface area contributed by atoms with Gasteiger partial charge < -0.3 is 15.1 Å². The van der Waals surface area contributed by atoms with Crippen molar-refractivity contribution in [2.45, 2.75) is 25.7 Å². The van der Waals surface area contributed by atoms with Crippen molar-refractivity contribution >= 4 is 24.2 Å². The highest BCUT2D eigenvalue weighted by molar-refractivity contribution is 5.94. The molecular formula is C20H30ClN3O2. The van der Waals surface area contributed by atoms with Gasteiger partial charge in [-0.05, 0) is 57.3 Å². The van der Waals surface area contributed by atoms with Crippen LogP contribution in [0.25, 0.3) is 0 Å². The predicted octanol–water partition coefficient (Wildman–Crippen LogP) is 2.42. The van der Waals surface area contributed by atoms with Crippen molar-refractivity contribution in [2.75, 3.05) is 39.8 Å². The summed E-state index contributed by atoms with van der Waals surface area (Å²) in [4.78, 5) is 29.5. The van der Waals surface area contributed by atoms with Gasteiger partial charge in [0, 0.05) is 31.7 Å². The molecule has 144 valence electrons. The van der Waals surface area contributed by atoms with Crippen molar-refractivity contribution < 1.29 is 9.59 Å². The Bertz CT molecular complexity index is 594. The SMILES string of the molecule is CNCC1CCCN(C(=O)C2CCCN(C(=O)c3ccccc3)C2)C1.Cl. The smallest absolute Gasteiger partial charge is 0.253 e. The largest absolute Gasteiger partial charge is 0.342 e. The Morgan fingerprint density at radius 2 is 1.73 bits per heavy atom. The Hall–Kier alpha value is -1.59. The molecule has 0 bridgehead atoms. The monoisotopic (exact) mass is 379 g/mol. The molecule has 2 atom stereocenters. The molecule has 1 aromatic rings. The van der Waals surface area contributed by atoms with Crippen LogP contribution in [0.3, 0.4) is 0 Å². The molecule has 6 heteroatoms. The highest BCUT2D eigenvalue weighted by Crippen LogP contribution is 2.24. The molecule has 3 rings (SSSR count). The van der Waals surface area contributed by atoms with Gasteiger partial charge in [0.15, 0.2) is 0 Å². The molecule has 0 saturated carbocycles. The van der Waals surface area contributed by atoms with E-state index < -0.39 is 0 Å². The van der Waals surface area contributed by atoms with Gasteiger partial charge in [-0.1, -0.05) is 18.2 Å². The van der Waals surface area contributed by atoms with Crippen molar-refractivity contribution in [3.63, 3.8) is 0 Å². The highest BCUT2D eigenvalue weighted by atomic mass is 35.5. The van der Waals surface area contributed by atoms with Gasteiger partial charge in [0.05, 0.1) is 5.92 Å². The summed E-state index contributed by atoms with van der Waals surface area (Å²) in [5, 5.41) is 3.23. The van der Waals surface area contributed by atoms with Gasteiger partial charge in [0.1, 0.15) is 0 Å². The Kier molecular flexibility index (Phi) is 7.91. The Morgan fingerprint density at radius 1 is 1.04 bits per heavy atom. The Labute approximate surface area is 162 Å². The van der Waals surface area contributed by atoms with Crippen LogP contribution in [0, 0.1) is 11.8 Å². The van der Waals surface area contributed by atoms with E-state index in [0.717, 1.165) is 45.4 Å². The molecule has 2 aliphatic rings. The maximum atomic E-state index is 13.0. The van der Waals surface area contributed by atoms with Crippen LogP contribution in [0.2, 0.25) is 0 Å². The maximum absolute atomic E-state index is 13.0. The molecule has 5 nitrogen and oxygen atoms in total. The predicted molar refractivity (Wildman–Crippen MR) is 106 cm³/mol. The summed E-state index contributed by atoms with van der Waals surface area (Å²) >= 11 is 0. The number of likely N-dealkylation sites (tertiary alicyclic amines) is 2. The summed E-state index contributed by atoms with van der Waals surface area (Å²) in [6, 6.07) is 9.38. The summed E-state index contributed by atoms with van der Waals surface area (Å²) in [5.41, 5.74) is 0.711. The first-order chi connectivity index (χ1) is 12.2. The fourth-order valence-corrected chi connectivity index (χ4v) is 4.11. The van der Waals surface area contributed by atoms with Gasteiger partial charge in [-0.15, -0.1) is 12.4 Å². The van der Waals surface area contributed by atoms with E-state index in [-0.39, 0.29) is 30.1 Å². The molecule has 0 spiro atoms. The van der Waals surface area contributed by atoms with Crippen LogP contribution in [0.5, 0.6) is 0 Å². The summed E-state index contributed by atoms with van der Waals surface area (Å²) in [6.45, 7) is 3.98. The van der Waals surface area contributed by atoms with Crippen LogP contribution in [0.4, 0.5) is 0 Å². The maximum Gasteiger partial charge on any atom is 0.253 e. The third-order valence-corrected chi connectivity index (χ3v) is 5.40. The molecule has 1 aromatic carbocycles. The highest BCUT2D eigenvalue weighted by Gasteiger charge is 2.33. The lowest BCUT2D eigenvalue weighted by Gasteiger charge is -2.38. The topological polar surface area (TPSA) is 52.7 Å². The lowest BCUT2D eigenvalue weighted by atomic mass is 9.92. The third kappa shape index (κ3) is 4.98. The first kappa shape index (κ1) is 20.7. The summed E-state index contributed by atoms with van der Waals surface area (Å²) in [5.74, 6) is 0.791. The lowest BCUT2D eigenvalue weighted by Crippen LogP contribution is -2.49. The molecule has 1 N–H and O–H groups in total. The van der Waals surface area contributed by atoms with Gasteiger partial charge in [0.2, 0.25) is 5.91 Å². The van der Waals surface area contributed by atoms with Gasteiger partial charge >= 0.3 is 0 Å². The van der Waals surface area contributed by atoms with Crippen molar-refractivity contribution in [2.24, 2.45) is 11.8 Å². The number of benzene rings is 1. The average molecular weight is 380 g/mol. The molecule has 26 heavy (non-hydrogen) atoms. The first-order valence-corrected chi connectivity index (χ1v) is 9.46. The summed E-state index contributed by atoms with van der Waals surface area (Å²) in [6.07, 6.45) is 4.07. The normalized spacial score (nSPS) is 23.3. The van der Waals surface area contributed by atoms with Gasteiger partial charge in [-0.2, -0.15) is 0 Å². The molecule has 2 aliphatic heterocycles. The number of amides is 2. The molecule has 2 amide bonds. The second kappa shape index (κ2) is 9.93. The van der Waals surface area contributed by atoms with Gasteiger partial charge in [-0.3, -0.25) is 9.59 Å². The van der Waals surface area contributed by atoms with Crippen molar-refractivity contribution in [3.8, 4) is 0 Å². The van der Waals surface area contributed by atoms with E-state index in [1.165, 1.54) is 6.42 Å². The van der Waals surface area contributed by atoms with E-state index in [4.69, 9.17) is 0 Å². The standard InChI is InChI=1S/C20H29N3O2.ClH/c1-21-13-16-7-5-11-22(14-16)20(25)18-10-6-12-23(15-18)19(24)17-8-3-2-4-9-17;/h2-4,8-9,16,18,21H,5-7,10-15H2,1H3;1H. The number of carbonyl (C=O) groups excluding carboxylic acids is 2. The summed E-state index contributed by atoms with van der Waals surface area (Å²) in [7, 11) is 1.97. The Balaban J connectivity index is 0.00000243. The van der Waals surface area contributed by atoms with Crippen LogP contribution >= 0.6 is 12.4 Å². The van der Waals surface area contributed by atoms with E-state index in [1.54, 1.807) is 0 Å². The zero-order valence-corrected chi connectivity index (χ0v) is 16.3. The number of hydrogen-bond donors (Lipinski definition) is 1. The van der Waals surface area contributed by atoms with Crippen LogP contribution in [-0.2, 0) is 4.79 Å². The number of halogens is 1. The zero-order chi connectivity index (χ0) is 17.6. The fraction of sp³-hybridized carbons (Fsp3) is 0.600. The number of nitrogens with zero attached hydrogens (tertiary/aromatic N) is 2. The molecule has 2 heterocycles. The first-order valence-electron chi connectivity index (χ1n) is 9.46. The molecule has 0 aliphatic carbocycles. The fourth-order valence-electron chi connectivity index (χ4n) is 4.11. The number of piperidine rings is 2. The van der Waals surface area contributed by atoms with Crippen molar-refractivity contribution in [3.05, 3.63) is 35.9 Å². The van der Waals surface area contributed by atoms with E-state index in [0.29, 0.717) is 18.0 Å². The molecule has 2 unspecified atom stereocenters. The molecule has 2 fully saturated rings. The van der Waals surface area contributed by atoms with Crippen molar-refractivity contribution in [1.82, 2.24) is 15.1 Å². The average Bonchev–Trinajstić information content (AvgIpc) is 2.68. The second-order valence-corrected chi connectivity index (χ2v) is 7.31. The van der Waals surface area contributed by atoms with Crippen LogP contribution in [-0.4, -0.2) is 61.4 Å². The van der Waals surface area contributed by atoms with Gasteiger partial charge in [-0.25, -0.2) is 0 Å². The Morgan fingerprint density at radius 3 is 2.46 bits per heavy atom. The van der Waals surface area contributed by atoms with Crippen molar-refractivity contribution in [1.29, 1.82) is 0 Å². The molecular weight excluding hydrogens is 350 g/mol. The lowest BCUT2D eigenvalue weighted by molar-refractivity contribution is -0.138. The molecule has 0 aromatic heterocycles. The van der Waals surface area contributed by atoms with E-state index in [1.807, 2.05) is 47.2 Å². The second-order valence-electron chi connectivity index (χ2n) is 7.31. The molecule has 0 radical (unpaired) electrons. The van der Waals surface area contributed by atoms with Crippen LogP contribution < -0.4 is 5.32 Å². The third-order valence-electron chi connectivity index (χ3n) is 5.40. The number of rotatable bonds is 4. The number of nitrogens with one attached hydrogen (secondary N) is 1. The minimum atomic E-state index is -0.0465. The number of hydrogen-bond acceptors (Lipinski definition) is 3. The van der Waals surface area contributed by atoms with E-state index in [9.17, 15) is 9.59 Å². The number of carbonyl (C=O) groups is 2. The zero-order valence-electron chi connectivity index (χ0n) is 15.5. The minimum Gasteiger partial charge on any atom is -0.342 e. The van der Waals surface area contributed by atoms with Crippen LogP contribution in [0.15, 0.2) is 30.3 Å². The summed E-state index contributed by atoms with van der Waals surface area (Å²) < 4.78 is 0. The van der Waals surface area contributed by atoms with E-state index in [2.05, 4.69) is 5.32 Å². The van der Waals surface area contributed by atoms with E-state index >= 15 is 0 Å². The molecule has 2 saturated heterocycles. The minimum absolute atomic E-state index is 0. The quantitative estimate of drug-likeness (QED) is 0.874.